The van der Waals surface area contributed by atoms with E-state index in [1.807, 2.05) is 0 Å². The van der Waals surface area contributed by atoms with E-state index < -0.39 is 8.07 Å². The highest BCUT2D eigenvalue weighted by atomic mass is 28.3. The van der Waals surface area contributed by atoms with Gasteiger partial charge in [-0.2, -0.15) is 0 Å². The fourth-order valence-corrected chi connectivity index (χ4v) is 4.52. The zero-order chi connectivity index (χ0) is 13.6. The molecule has 2 aliphatic rings. The molecule has 0 bridgehead atoms. The largest absolute Gasteiger partial charge is 0.112 e. The second kappa shape index (κ2) is 6.35. The molecule has 0 saturated carbocycles. The van der Waals surface area contributed by atoms with Gasteiger partial charge in [0, 0.05) is 0 Å². The van der Waals surface area contributed by atoms with Gasteiger partial charge in [0.05, 0.1) is 0 Å². The van der Waals surface area contributed by atoms with E-state index in [0.29, 0.717) is 0 Å². The van der Waals surface area contributed by atoms with Gasteiger partial charge < -0.3 is 0 Å². The van der Waals surface area contributed by atoms with Crippen LogP contribution in [0.3, 0.4) is 0 Å². The van der Waals surface area contributed by atoms with Gasteiger partial charge in [-0.25, -0.2) is 0 Å². The van der Waals surface area contributed by atoms with Gasteiger partial charge in [0.15, 0.2) is 0 Å². The Morgan fingerprint density at radius 3 is 1.37 bits per heavy atom. The molecule has 0 nitrogen and oxygen atoms in total. The third-order valence-corrected chi connectivity index (χ3v) is 6.99. The van der Waals surface area contributed by atoms with Crippen molar-refractivity contribution in [1.29, 1.82) is 0 Å². The molecule has 2 rings (SSSR count). The van der Waals surface area contributed by atoms with Gasteiger partial charge in [-0.05, 0) is 0 Å². The van der Waals surface area contributed by atoms with Crippen molar-refractivity contribution in [2.75, 3.05) is 0 Å². The lowest BCUT2D eigenvalue weighted by Crippen LogP contribution is -2.31. The molecule has 0 atom stereocenters. The Kier molecular flexibility index (Phi) is 4.53. The minimum absolute atomic E-state index is 1.45. The van der Waals surface area contributed by atoms with Crippen molar-refractivity contribution >= 4 is 8.07 Å². The Labute approximate surface area is 117 Å². The highest BCUT2D eigenvalue weighted by Gasteiger charge is 2.27. The molecule has 0 unspecified atom stereocenters. The summed E-state index contributed by atoms with van der Waals surface area (Å²) in [6, 6.07) is 0. The number of allylic oxidation sites excluding steroid dienone is 16. The monoisotopic (exact) mass is 264 g/mol. The maximum Gasteiger partial charge on any atom is 0.112 e. The van der Waals surface area contributed by atoms with Gasteiger partial charge >= 0.3 is 0 Å². The smallest absolute Gasteiger partial charge is 0.0626 e. The average Bonchev–Trinajstić information content (AvgIpc) is 2.26. The predicted octanol–water partition coefficient (Wildman–Crippen LogP) is 4.99. The first-order valence-electron chi connectivity index (χ1n) is 6.65. The molecule has 0 radical (unpaired) electrons. The van der Waals surface area contributed by atoms with E-state index >= 15 is 0 Å². The summed E-state index contributed by atoms with van der Waals surface area (Å²) >= 11 is 0. The lowest BCUT2D eigenvalue weighted by Gasteiger charge is -2.26. The Hall–Kier alpha value is -1.86. The molecule has 19 heavy (non-hydrogen) atoms. The highest BCUT2D eigenvalue weighted by Crippen LogP contribution is 2.27. The van der Waals surface area contributed by atoms with Gasteiger partial charge in [-0.1, -0.05) is 109 Å². The Bertz CT molecular complexity index is 508. The first-order chi connectivity index (χ1) is 9.21. The summed E-state index contributed by atoms with van der Waals surface area (Å²) in [5.74, 6) is 0. The van der Waals surface area contributed by atoms with Crippen molar-refractivity contribution in [3.8, 4) is 0 Å². The van der Waals surface area contributed by atoms with Gasteiger partial charge in [-0.3, -0.25) is 0 Å². The fourth-order valence-electron chi connectivity index (χ4n) is 2.13. The Morgan fingerprint density at radius 1 is 0.526 bits per heavy atom. The van der Waals surface area contributed by atoms with E-state index in [1.54, 1.807) is 0 Å². The molecule has 0 aromatic rings. The molecule has 0 saturated heterocycles. The molecule has 96 valence electrons. The first kappa shape index (κ1) is 13.6. The van der Waals surface area contributed by atoms with Crippen molar-refractivity contribution in [2.45, 2.75) is 13.1 Å². The van der Waals surface area contributed by atoms with Gasteiger partial charge in [0.25, 0.3) is 0 Å². The zero-order valence-electron chi connectivity index (χ0n) is 11.6. The summed E-state index contributed by atoms with van der Waals surface area (Å²) in [6.45, 7) is 4.80. The summed E-state index contributed by atoms with van der Waals surface area (Å²) in [7, 11) is -1.63. The summed E-state index contributed by atoms with van der Waals surface area (Å²) in [4.78, 5) is 0. The molecule has 0 aromatic heterocycles. The van der Waals surface area contributed by atoms with E-state index in [9.17, 15) is 0 Å². The third-order valence-electron chi connectivity index (χ3n) is 3.44. The van der Waals surface area contributed by atoms with Crippen molar-refractivity contribution in [1.82, 2.24) is 0 Å². The molecule has 0 heterocycles. The van der Waals surface area contributed by atoms with Crippen LogP contribution in [0.2, 0.25) is 13.1 Å². The molecular formula is C18H20Si. The molecule has 2 aliphatic carbocycles. The average molecular weight is 264 g/mol. The first-order valence-corrected chi connectivity index (χ1v) is 9.65. The summed E-state index contributed by atoms with van der Waals surface area (Å²) < 4.78 is 0. The van der Waals surface area contributed by atoms with Crippen LogP contribution in [0.4, 0.5) is 0 Å². The van der Waals surface area contributed by atoms with Crippen molar-refractivity contribution < 1.29 is 0 Å². The van der Waals surface area contributed by atoms with Gasteiger partial charge in [0.2, 0.25) is 0 Å². The van der Waals surface area contributed by atoms with Crippen LogP contribution in [-0.4, -0.2) is 8.07 Å². The van der Waals surface area contributed by atoms with Crippen LogP contribution < -0.4 is 0 Å². The maximum atomic E-state index is 2.40. The minimum Gasteiger partial charge on any atom is -0.0626 e. The molecule has 0 N–H and O–H groups in total. The van der Waals surface area contributed by atoms with Crippen LogP contribution in [0.5, 0.6) is 0 Å². The van der Waals surface area contributed by atoms with Crippen LogP contribution in [0.15, 0.2) is 95.5 Å². The third kappa shape index (κ3) is 3.55. The minimum atomic E-state index is -1.63. The second-order valence-corrected chi connectivity index (χ2v) is 9.53. The molecule has 0 amide bonds. The van der Waals surface area contributed by atoms with Gasteiger partial charge in [-0.15, -0.1) is 0 Å². The second-order valence-electron chi connectivity index (χ2n) is 5.13. The number of hydrogen-bond acceptors (Lipinski definition) is 0. The van der Waals surface area contributed by atoms with E-state index in [1.165, 1.54) is 10.4 Å². The van der Waals surface area contributed by atoms with Crippen LogP contribution in [0.25, 0.3) is 0 Å². The van der Waals surface area contributed by atoms with E-state index in [2.05, 4.69) is 98.2 Å². The molecule has 0 fully saturated rings. The molecule has 0 aliphatic heterocycles. The van der Waals surface area contributed by atoms with Crippen LogP contribution in [0, 0.1) is 0 Å². The van der Waals surface area contributed by atoms with E-state index in [-0.39, 0.29) is 0 Å². The van der Waals surface area contributed by atoms with Crippen LogP contribution in [-0.2, 0) is 0 Å². The predicted molar refractivity (Wildman–Crippen MR) is 88.5 cm³/mol. The lowest BCUT2D eigenvalue weighted by atomic mass is 10.3. The van der Waals surface area contributed by atoms with Gasteiger partial charge in [0.1, 0.15) is 8.07 Å². The molecule has 1 heteroatoms. The summed E-state index contributed by atoms with van der Waals surface area (Å²) in [6.07, 6.45) is 30.0. The quantitative estimate of drug-likeness (QED) is 0.616. The Balaban J connectivity index is 2.36. The Morgan fingerprint density at radius 2 is 0.895 bits per heavy atom. The van der Waals surface area contributed by atoms with Crippen molar-refractivity contribution in [2.24, 2.45) is 0 Å². The van der Waals surface area contributed by atoms with Crippen molar-refractivity contribution in [3.05, 3.63) is 95.5 Å². The fraction of sp³-hybridized carbons (Fsp3) is 0.111. The zero-order valence-corrected chi connectivity index (χ0v) is 12.6. The molecule has 0 aromatic carbocycles. The SMILES string of the molecule is C[Si](C)(C1=C/C=C\C=C/C=C\1)C1=C/C=C\C=C/C=C\1. The lowest BCUT2D eigenvalue weighted by molar-refractivity contribution is 1.59. The number of rotatable bonds is 2. The maximum absolute atomic E-state index is 2.40. The molecule has 0 spiro atoms. The molecular weight excluding hydrogens is 244 g/mol. The van der Waals surface area contributed by atoms with Crippen LogP contribution >= 0.6 is 0 Å². The summed E-state index contributed by atoms with van der Waals surface area (Å²) in [5, 5.41) is 2.89. The van der Waals surface area contributed by atoms with E-state index in [4.69, 9.17) is 0 Å². The highest BCUT2D eigenvalue weighted by molar-refractivity contribution is 6.91. The normalized spacial score (nSPS) is 34.0. The standard InChI is InChI=1S/C18H20Si/c1-19(2,17-13-9-5-3-6-10-14-17)18-15-11-7-4-8-12-16-18/h3-16H,1-2H3/b5-3-,6-3?,7-4-,8-4?,9-5?,10-6-,11-7?,12-8-,13-9-,14-10?,15-11-,16-12?,17-13?,17-14+,18-15?,18-16+. The van der Waals surface area contributed by atoms with Crippen LogP contribution in [0.1, 0.15) is 0 Å². The number of hydrogen-bond donors (Lipinski definition) is 0. The topological polar surface area (TPSA) is 0 Å². The van der Waals surface area contributed by atoms with Crippen molar-refractivity contribution in [3.63, 3.8) is 0 Å². The summed E-state index contributed by atoms with van der Waals surface area (Å²) in [5.41, 5.74) is 0. The van der Waals surface area contributed by atoms with E-state index in [0.717, 1.165) is 0 Å².